The Morgan fingerprint density at radius 1 is 1.24 bits per heavy atom. The van der Waals surface area contributed by atoms with Crippen molar-refractivity contribution < 1.29 is 9.47 Å². The zero-order valence-electron chi connectivity index (χ0n) is 10.9. The van der Waals surface area contributed by atoms with E-state index in [-0.39, 0.29) is 0 Å². The van der Waals surface area contributed by atoms with E-state index < -0.39 is 0 Å². The minimum Gasteiger partial charge on any atom is -0.497 e. The van der Waals surface area contributed by atoms with Gasteiger partial charge in [0.25, 0.3) is 0 Å². The van der Waals surface area contributed by atoms with E-state index in [4.69, 9.17) is 9.47 Å². The molecule has 96 valence electrons. The van der Waals surface area contributed by atoms with Crippen LogP contribution in [0.5, 0.6) is 5.75 Å². The highest BCUT2D eigenvalue weighted by Crippen LogP contribution is 2.12. The van der Waals surface area contributed by atoms with Crippen LogP contribution in [-0.2, 0) is 11.2 Å². The van der Waals surface area contributed by atoms with Gasteiger partial charge >= 0.3 is 0 Å². The van der Waals surface area contributed by atoms with E-state index in [9.17, 15) is 0 Å². The van der Waals surface area contributed by atoms with Crippen LogP contribution in [0.4, 0.5) is 0 Å². The highest BCUT2D eigenvalue weighted by Gasteiger charge is 1.95. The molecule has 1 rings (SSSR count). The molecule has 0 unspecified atom stereocenters. The molecule has 0 radical (unpaired) electrons. The lowest BCUT2D eigenvalue weighted by molar-refractivity contribution is 0.145. The fourth-order valence-corrected chi connectivity index (χ4v) is 1.63. The first kappa shape index (κ1) is 14.0. The SMILES string of the molecule is CCOCCCNCCc1cccc(OC)c1. The van der Waals surface area contributed by atoms with Gasteiger partial charge in [0.1, 0.15) is 5.75 Å². The lowest BCUT2D eigenvalue weighted by Gasteiger charge is -2.06. The van der Waals surface area contributed by atoms with Gasteiger partial charge in [-0.05, 0) is 50.6 Å². The Labute approximate surface area is 104 Å². The first-order chi connectivity index (χ1) is 8.36. The maximum atomic E-state index is 5.27. The summed E-state index contributed by atoms with van der Waals surface area (Å²) in [5, 5.41) is 3.41. The van der Waals surface area contributed by atoms with Gasteiger partial charge in [-0.25, -0.2) is 0 Å². The van der Waals surface area contributed by atoms with Crippen molar-refractivity contribution in [1.82, 2.24) is 5.32 Å². The maximum Gasteiger partial charge on any atom is 0.119 e. The van der Waals surface area contributed by atoms with Gasteiger partial charge in [-0.1, -0.05) is 12.1 Å². The van der Waals surface area contributed by atoms with Crippen LogP contribution in [0, 0.1) is 0 Å². The molecule has 0 bridgehead atoms. The number of benzene rings is 1. The smallest absolute Gasteiger partial charge is 0.119 e. The van der Waals surface area contributed by atoms with Gasteiger partial charge in [0.15, 0.2) is 0 Å². The molecular formula is C14H23NO2. The molecule has 0 aliphatic rings. The zero-order chi connectivity index (χ0) is 12.3. The minimum absolute atomic E-state index is 0.809. The molecule has 0 saturated heterocycles. The quantitative estimate of drug-likeness (QED) is 0.668. The summed E-state index contributed by atoms with van der Waals surface area (Å²) in [6.45, 7) is 5.70. The van der Waals surface area contributed by atoms with Crippen LogP contribution in [-0.4, -0.2) is 33.4 Å². The normalized spacial score (nSPS) is 10.5. The van der Waals surface area contributed by atoms with Crippen LogP contribution in [0.3, 0.4) is 0 Å². The molecule has 1 aromatic rings. The summed E-state index contributed by atoms with van der Waals surface area (Å²) in [4.78, 5) is 0. The van der Waals surface area contributed by atoms with E-state index in [0.29, 0.717) is 0 Å². The zero-order valence-corrected chi connectivity index (χ0v) is 10.9. The Bertz CT molecular complexity index is 302. The summed E-state index contributed by atoms with van der Waals surface area (Å²) in [5.41, 5.74) is 1.31. The average Bonchev–Trinajstić information content (AvgIpc) is 2.38. The van der Waals surface area contributed by atoms with Crippen molar-refractivity contribution in [2.45, 2.75) is 19.8 Å². The van der Waals surface area contributed by atoms with Gasteiger partial charge in [-0.15, -0.1) is 0 Å². The molecule has 17 heavy (non-hydrogen) atoms. The standard InChI is InChI=1S/C14H23NO2/c1-3-17-11-5-9-15-10-8-13-6-4-7-14(12-13)16-2/h4,6-7,12,15H,3,5,8-11H2,1-2H3. The Balaban J connectivity index is 2.09. The van der Waals surface area contributed by atoms with E-state index in [1.165, 1.54) is 5.56 Å². The molecule has 0 spiro atoms. The predicted octanol–water partition coefficient (Wildman–Crippen LogP) is 2.25. The topological polar surface area (TPSA) is 30.5 Å². The second-order valence-electron chi connectivity index (χ2n) is 3.90. The van der Waals surface area contributed by atoms with E-state index in [1.54, 1.807) is 7.11 Å². The highest BCUT2D eigenvalue weighted by molar-refractivity contribution is 5.28. The number of ether oxygens (including phenoxy) is 2. The van der Waals surface area contributed by atoms with Gasteiger partial charge in [0.05, 0.1) is 7.11 Å². The van der Waals surface area contributed by atoms with E-state index >= 15 is 0 Å². The lowest BCUT2D eigenvalue weighted by atomic mass is 10.1. The van der Waals surface area contributed by atoms with Crippen LogP contribution in [0.25, 0.3) is 0 Å². The van der Waals surface area contributed by atoms with E-state index in [1.807, 2.05) is 19.1 Å². The third kappa shape index (κ3) is 6.29. The summed E-state index contributed by atoms with van der Waals surface area (Å²) in [5.74, 6) is 0.929. The Morgan fingerprint density at radius 2 is 2.12 bits per heavy atom. The molecule has 0 amide bonds. The Kier molecular flexibility index (Phi) is 7.43. The van der Waals surface area contributed by atoms with Crippen molar-refractivity contribution in [3.05, 3.63) is 29.8 Å². The van der Waals surface area contributed by atoms with Crippen LogP contribution in [0.15, 0.2) is 24.3 Å². The second-order valence-corrected chi connectivity index (χ2v) is 3.90. The Morgan fingerprint density at radius 3 is 2.88 bits per heavy atom. The van der Waals surface area contributed by atoms with Crippen molar-refractivity contribution >= 4 is 0 Å². The summed E-state index contributed by atoms with van der Waals surface area (Å²) in [6.07, 6.45) is 2.11. The molecule has 1 aromatic carbocycles. The van der Waals surface area contributed by atoms with Crippen LogP contribution in [0.1, 0.15) is 18.9 Å². The third-order valence-corrected chi connectivity index (χ3v) is 2.57. The molecule has 3 nitrogen and oxygen atoms in total. The maximum absolute atomic E-state index is 5.27. The Hall–Kier alpha value is -1.06. The first-order valence-electron chi connectivity index (χ1n) is 6.28. The van der Waals surface area contributed by atoms with Gasteiger partial charge in [-0.2, -0.15) is 0 Å². The van der Waals surface area contributed by atoms with Crippen molar-refractivity contribution in [2.24, 2.45) is 0 Å². The molecular weight excluding hydrogens is 214 g/mol. The van der Waals surface area contributed by atoms with Crippen LogP contribution in [0.2, 0.25) is 0 Å². The molecule has 1 N–H and O–H groups in total. The average molecular weight is 237 g/mol. The fraction of sp³-hybridized carbons (Fsp3) is 0.571. The minimum atomic E-state index is 0.809. The first-order valence-corrected chi connectivity index (χ1v) is 6.28. The van der Waals surface area contributed by atoms with Crippen molar-refractivity contribution in [3.8, 4) is 5.75 Å². The third-order valence-electron chi connectivity index (χ3n) is 2.57. The van der Waals surface area contributed by atoms with E-state index in [2.05, 4.69) is 17.4 Å². The van der Waals surface area contributed by atoms with Gasteiger partial charge in [0, 0.05) is 13.2 Å². The summed E-state index contributed by atoms with van der Waals surface area (Å²) >= 11 is 0. The molecule has 0 fully saturated rings. The highest BCUT2D eigenvalue weighted by atomic mass is 16.5. The number of hydrogen-bond acceptors (Lipinski definition) is 3. The molecule has 0 atom stereocenters. The van der Waals surface area contributed by atoms with Crippen molar-refractivity contribution in [1.29, 1.82) is 0 Å². The molecule has 3 heteroatoms. The second kappa shape index (κ2) is 9.02. The number of nitrogens with one attached hydrogen (secondary N) is 1. The van der Waals surface area contributed by atoms with Gasteiger partial charge in [0.2, 0.25) is 0 Å². The number of hydrogen-bond donors (Lipinski definition) is 1. The summed E-state index contributed by atoms with van der Waals surface area (Å²) in [7, 11) is 1.70. The van der Waals surface area contributed by atoms with Crippen LogP contribution >= 0.6 is 0 Å². The molecule has 0 aliphatic heterocycles. The van der Waals surface area contributed by atoms with Crippen LogP contribution < -0.4 is 10.1 Å². The summed E-state index contributed by atoms with van der Waals surface area (Å²) in [6, 6.07) is 8.22. The molecule has 0 saturated carbocycles. The largest absolute Gasteiger partial charge is 0.497 e. The van der Waals surface area contributed by atoms with Gasteiger partial charge < -0.3 is 14.8 Å². The predicted molar refractivity (Wildman–Crippen MR) is 70.7 cm³/mol. The molecule has 0 aliphatic carbocycles. The molecule has 0 heterocycles. The fourth-order valence-electron chi connectivity index (χ4n) is 1.63. The van der Waals surface area contributed by atoms with Crippen molar-refractivity contribution in [3.63, 3.8) is 0 Å². The van der Waals surface area contributed by atoms with E-state index in [0.717, 1.165) is 44.9 Å². The monoisotopic (exact) mass is 237 g/mol. The summed E-state index contributed by atoms with van der Waals surface area (Å²) < 4.78 is 10.5. The number of rotatable bonds is 9. The number of methoxy groups -OCH3 is 1. The lowest BCUT2D eigenvalue weighted by Crippen LogP contribution is -2.19. The van der Waals surface area contributed by atoms with Crippen molar-refractivity contribution in [2.75, 3.05) is 33.4 Å². The molecule has 0 aromatic heterocycles. The van der Waals surface area contributed by atoms with Gasteiger partial charge in [-0.3, -0.25) is 0 Å².